The van der Waals surface area contributed by atoms with E-state index in [0.717, 1.165) is 42.7 Å². The molecule has 1 atom stereocenters. The Bertz CT molecular complexity index is 691. The SMILES string of the molecule is COc1ccccc1-c1ccc(C(=O)NCC[C@@H]2CCCCO2)cc1. The number of hydrogen-bond acceptors (Lipinski definition) is 3. The molecule has 1 fully saturated rings. The first kappa shape index (κ1) is 17.5. The third kappa shape index (κ3) is 4.60. The number of para-hydroxylation sites is 1. The predicted octanol–water partition coefficient (Wildman–Crippen LogP) is 4.05. The molecule has 0 saturated carbocycles. The monoisotopic (exact) mass is 339 g/mol. The maximum absolute atomic E-state index is 12.3. The first-order valence-corrected chi connectivity index (χ1v) is 8.91. The fourth-order valence-corrected chi connectivity index (χ4v) is 3.17. The van der Waals surface area contributed by atoms with Crippen LogP contribution in [-0.2, 0) is 4.74 Å². The van der Waals surface area contributed by atoms with E-state index in [-0.39, 0.29) is 5.91 Å². The van der Waals surface area contributed by atoms with Crippen molar-refractivity contribution in [3.63, 3.8) is 0 Å². The van der Waals surface area contributed by atoms with Gasteiger partial charge >= 0.3 is 0 Å². The van der Waals surface area contributed by atoms with Crippen molar-refractivity contribution in [3.8, 4) is 16.9 Å². The van der Waals surface area contributed by atoms with Crippen LogP contribution in [0.4, 0.5) is 0 Å². The highest BCUT2D eigenvalue weighted by Crippen LogP contribution is 2.29. The highest BCUT2D eigenvalue weighted by atomic mass is 16.5. The third-order valence-corrected chi connectivity index (χ3v) is 4.59. The fraction of sp³-hybridized carbons (Fsp3) is 0.381. The van der Waals surface area contributed by atoms with Gasteiger partial charge in [0, 0.05) is 24.3 Å². The van der Waals surface area contributed by atoms with Gasteiger partial charge in [-0.1, -0.05) is 30.3 Å². The lowest BCUT2D eigenvalue weighted by Gasteiger charge is -2.22. The summed E-state index contributed by atoms with van der Waals surface area (Å²) in [5.74, 6) is 0.787. The lowest BCUT2D eigenvalue weighted by atomic mass is 10.0. The minimum atomic E-state index is -0.0395. The van der Waals surface area contributed by atoms with Crippen LogP contribution < -0.4 is 10.1 Å². The minimum Gasteiger partial charge on any atom is -0.496 e. The third-order valence-electron chi connectivity index (χ3n) is 4.59. The molecule has 0 aliphatic carbocycles. The van der Waals surface area contributed by atoms with E-state index in [9.17, 15) is 4.79 Å². The van der Waals surface area contributed by atoms with Crippen LogP contribution in [0, 0.1) is 0 Å². The van der Waals surface area contributed by atoms with E-state index in [1.54, 1.807) is 7.11 Å². The Morgan fingerprint density at radius 1 is 1.16 bits per heavy atom. The molecular formula is C21H25NO3. The standard InChI is InChI=1S/C21H25NO3/c1-24-20-8-3-2-7-19(20)16-9-11-17(12-10-16)21(23)22-14-13-18-6-4-5-15-25-18/h2-3,7-12,18H,4-6,13-15H2,1H3,(H,22,23)/t18-/m0/s1. The van der Waals surface area contributed by atoms with Crippen LogP contribution in [0.1, 0.15) is 36.0 Å². The second-order valence-electron chi connectivity index (χ2n) is 6.31. The number of hydrogen-bond donors (Lipinski definition) is 1. The van der Waals surface area contributed by atoms with Crippen LogP contribution in [0.2, 0.25) is 0 Å². The zero-order chi connectivity index (χ0) is 17.5. The van der Waals surface area contributed by atoms with Crippen LogP contribution in [-0.4, -0.2) is 32.3 Å². The first-order chi connectivity index (χ1) is 12.3. The molecular weight excluding hydrogens is 314 g/mol. The molecule has 1 amide bonds. The molecule has 1 saturated heterocycles. The van der Waals surface area contributed by atoms with Gasteiger partial charge in [0.25, 0.3) is 5.91 Å². The van der Waals surface area contributed by atoms with Crippen molar-refractivity contribution in [2.24, 2.45) is 0 Å². The predicted molar refractivity (Wildman–Crippen MR) is 99.0 cm³/mol. The van der Waals surface area contributed by atoms with Gasteiger partial charge in [0.1, 0.15) is 5.75 Å². The molecule has 0 spiro atoms. The number of rotatable bonds is 6. The van der Waals surface area contributed by atoms with Gasteiger partial charge in [-0.15, -0.1) is 0 Å². The minimum absolute atomic E-state index is 0.0395. The van der Waals surface area contributed by atoms with Crippen molar-refractivity contribution < 1.29 is 14.3 Å². The van der Waals surface area contributed by atoms with E-state index < -0.39 is 0 Å². The van der Waals surface area contributed by atoms with Gasteiger partial charge in [-0.2, -0.15) is 0 Å². The molecule has 0 bridgehead atoms. The number of methoxy groups -OCH3 is 1. The Hall–Kier alpha value is -2.33. The van der Waals surface area contributed by atoms with E-state index in [2.05, 4.69) is 5.32 Å². The van der Waals surface area contributed by atoms with Gasteiger partial charge in [0.15, 0.2) is 0 Å². The summed E-state index contributed by atoms with van der Waals surface area (Å²) in [6.45, 7) is 1.50. The zero-order valence-electron chi connectivity index (χ0n) is 14.7. The summed E-state index contributed by atoms with van der Waals surface area (Å²) in [6, 6.07) is 15.5. The van der Waals surface area contributed by atoms with Crippen LogP contribution >= 0.6 is 0 Å². The molecule has 25 heavy (non-hydrogen) atoms. The summed E-state index contributed by atoms with van der Waals surface area (Å²) in [5.41, 5.74) is 2.72. The van der Waals surface area contributed by atoms with Gasteiger partial charge in [-0.25, -0.2) is 0 Å². The van der Waals surface area contributed by atoms with Gasteiger partial charge in [0.05, 0.1) is 13.2 Å². The highest BCUT2D eigenvalue weighted by Gasteiger charge is 2.14. The molecule has 0 radical (unpaired) electrons. The van der Waals surface area contributed by atoms with Crippen LogP contribution in [0.15, 0.2) is 48.5 Å². The molecule has 1 N–H and O–H groups in total. The highest BCUT2D eigenvalue weighted by molar-refractivity contribution is 5.94. The van der Waals surface area contributed by atoms with Crippen molar-refractivity contribution >= 4 is 5.91 Å². The number of carbonyl (C=O) groups is 1. The molecule has 0 aromatic heterocycles. The number of ether oxygens (including phenoxy) is 2. The van der Waals surface area contributed by atoms with E-state index in [1.165, 1.54) is 6.42 Å². The van der Waals surface area contributed by atoms with Gasteiger partial charge in [-0.05, 0) is 49.4 Å². The van der Waals surface area contributed by atoms with Gasteiger partial charge < -0.3 is 14.8 Å². The van der Waals surface area contributed by atoms with Crippen molar-refractivity contribution in [2.45, 2.75) is 31.8 Å². The Balaban J connectivity index is 1.57. The molecule has 2 aromatic carbocycles. The summed E-state index contributed by atoms with van der Waals surface area (Å²) in [5, 5.41) is 2.98. The molecule has 2 aromatic rings. The molecule has 1 aliphatic rings. The molecule has 0 unspecified atom stereocenters. The molecule has 4 nitrogen and oxygen atoms in total. The Labute approximate surface area is 149 Å². The molecule has 1 aliphatic heterocycles. The van der Waals surface area contributed by atoms with Crippen molar-refractivity contribution in [2.75, 3.05) is 20.3 Å². The van der Waals surface area contributed by atoms with Crippen molar-refractivity contribution in [1.82, 2.24) is 5.32 Å². The average molecular weight is 339 g/mol. The summed E-state index contributed by atoms with van der Waals surface area (Å²) in [6.07, 6.45) is 4.65. The largest absolute Gasteiger partial charge is 0.496 e. The van der Waals surface area contributed by atoms with Crippen LogP contribution in [0.3, 0.4) is 0 Å². The normalized spacial score (nSPS) is 17.1. The molecule has 4 heteroatoms. The second kappa shape index (κ2) is 8.67. The maximum atomic E-state index is 12.3. The summed E-state index contributed by atoms with van der Waals surface area (Å²) in [7, 11) is 1.66. The van der Waals surface area contributed by atoms with Crippen LogP contribution in [0.5, 0.6) is 5.75 Å². The number of nitrogens with one attached hydrogen (secondary N) is 1. The quantitative estimate of drug-likeness (QED) is 0.864. The summed E-state index contributed by atoms with van der Waals surface area (Å²) >= 11 is 0. The number of amides is 1. The molecule has 3 rings (SSSR count). The Kier molecular flexibility index (Phi) is 6.07. The van der Waals surface area contributed by atoms with Gasteiger partial charge in [0.2, 0.25) is 0 Å². The number of carbonyl (C=O) groups excluding carboxylic acids is 1. The zero-order valence-corrected chi connectivity index (χ0v) is 14.7. The number of benzene rings is 2. The summed E-state index contributed by atoms with van der Waals surface area (Å²) < 4.78 is 11.1. The second-order valence-corrected chi connectivity index (χ2v) is 6.31. The lowest BCUT2D eigenvalue weighted by Crippen LogP contribution is -2.29. The Morgan fingerprint density at radius 2 is 1.96 bits per heavy atom. The van der Waals surface area contributed by atoms with E-state index in [1.807, 2.05) is 48.5 Å². The maximum Gasteiger partial charge on any atom is 0.251 e. The van der Waals surface area contributed by atoms with E-state index in [4.69, 9.17) is 9.47 Å². The van der Waals surface area contributed by atoms with Crippen LogP contribution in [0.25, 0.3) is 11.1 Å². The fourth-order valence-electron chi connectivity index (χ4n) is 3.17. The molecule has 1 heterocycles. The van der Waals surface area contributed by atoms with Crippen molar-refractivity contribution in [1.29, 1.82) is 0 Å². The Morgan fingerprint density at radius 3 is 2.68 bits per heavy atom. The average Bonchev–Trinajstić information content (AvgIpc) is 2.69. The molecule has 132 valence electrons. The topological polar surface area (TPSA) is 47.6 Å². The summed E-state index contributed by atoms with van der Waals surface area (Å²) in [4.78, 5) is 12.3. The van der Waals surface area contributed by atoms with Gasteiger partial charge in [-0.3, -0.25) is 4.79 Å². The lowest BCUT2D eigenvalue weighted by molar-refractivity contribution is 0.0117. The smallest absolute Gasteiger partial charge is 0.251 e. The van der Waals surface area contributed by atoms with Crippen molar-refractivity contribution in [3.05, 3.63) is 54.1 Å². The van der Waals surface area contributed by atoms with E-state index >= 15 is 0 Å². The van der Waals surface area contributed by atoms with E-state index in [0.29, 0.717) is 18.2 Å². The first-order valence-electron chi connectivity index (χ1n) is 8.91.